The van der Waals surface area contributed by atoms with Crippen molar-refractivity contribution in [1.29, 1.82) is 0 Å². The number of aromatic nitrogens is 4. The maximum atomic E-state index is 11.8. The van der Waals surface area contributed by atoms with E-state index in [1.165, 1.54) is 0 Å². The predicted octanol–water partition coefficient (Wildman–Crippen LogP) is -0.350. The summed E-state index contributed by atoms with van der Waals surface area (Å²) in [6.45, 7) is 0.229. The van der Waals surface area contributed by atoms with Gasteiger partial charge in [0.2, 0.25) is 11.9 Å². The summed E-state index contributed by atoms with van der Waals surface area (Å²) in [4.78, 5) is 21.7. The van der Waals surface area contributed by atoms with Crippen molar-refractivity contribution < 1.29 is 4.79 Å². The number of fused-ring (bicyclic) bond motifs is 1. The lowest BCUT2D eigenvalue weighted by Gasteiger charge is -2.18. The molecule has 0 aromatic carbocycles. The molecule has 2 aromatic heterocycles. The first kappa shape index (κ1) is 11.7. The van der Waals surface area contributed by atoms with Gasteiger partial charge in [0, 0.05) is 13.1 Å². The van der Waals surface area contributed by atoms with Crippen LogP contribution in [0.4, 0.5) is 11.8 Å². The van der Waals surface area contributed by atoms with Crippen LogP contribution in [0.25, 0.3) is 11.0 Å². The number of H-pyrrole nitrogens is 1. The Morgan fingerprint density at radius 1 is 1.58 bits per heavy atom. The van der Waals surface area contributed by atoms with Gasteiger partial charge in [0.15, 0.2) is 5.65 Å². The van der Waals surface area contributed by atoms with Gasteiger partial charge in [0.25, 0.3) is 0 Å². The summed E-state index contributed by atoms with van der Waals surface area (Å²) >= 11 is 0. The van der Waals surface area contributed by atoms with Crippen molar-refractivity contribution in [2.45, 2.75) is 18.9 Å². The van der Waals surface area contributed by atoms with Gasteiger partial charge in [-0.25, -0.2) is 0 Å². The smallest absolute Gasteiger partial charge is 0.239 e. The number of nitrogen functional groups attached to an aromatic ring is 1. The summed E-state index contributed by atoms with van der Waals surface area (Å²) in [7, 11) is 1.79. The van der Waals surface area contributed by atoms with E-state index >= 15 is 0 Å². The number of rotatable bonds is 4. The maximum absolute atomic E-state index is 11.8. The Bertz CT molecular complexity index is 619. The minimum atomic E-state index is -0.0150. The van der Waals surface area contributed by atoms with Crippen LogP contribution in [0.15, 0.2) is 6.20 Å². The molecule has 0 saturated heterocycles. The van der Waals surface area contributed by atoms with E-state index in [2.05, 4.69) is 25.5 Å². The molecule has 1 aliphatic rings. The number of carbonyl (C=O) groups is 1. The van der Waals surface area contributed by atoms with Crippen molar-refractivity contribution in [2.75, 3.05) is 24.2 Å². The van der Waals surface area contributed by atoms with Crippen LogP contribution in [0.5, 0.6) is 0 Å². The van der Waals surface area contributed by atoms with E-state index in [0.29, 0.717) is 17.5 Å². The first-order valence-electron chi connectivity index (χ1n) is 6.10. The highest BCUT2D eigenvalue weighted by molar-refractivity contribution is 5.90. The van der Waals surface area contributed by atoms with Crippen LogP contribution >= 0.6 is 0 Å². The molecular weight excluding hydrogens is 246 g/mol. The summed E-state index contributed by atoms with van der Waals surface area (Å²) in [6, 6.07) is 0.352. The Morgan fingerprint density at radius 2 is 2.37 bits per heavy atom. The number of amides is 1. The monoisotopic (exact) mass is 261 g/mol. The molecule has 0 atom stereocenters. The molecule has 0 unspecified atom stereocenters. The van der Waals surface area contributed by atoms with Crippen molar-refractivity contribution in [3.63, 3.8) is 0 Å². The number of hydrogen-bond acceptors (Lipinski definition) is 6. The molecule has 19 heavy (non-hydrogen) atoms. The molecular formula is C11H15N7O. The molecule has 1 amide bonds. The van der Waals surface area contributed by atoms with Crippen molar-refractivity contribution in [3.8, 4) is 0 Å². The van der Waals surface area contributed by atoms with Crippen molar-refractivity contribution >= 4 is 28.7 Å². The lowest BCUT2D eigenvalue weighted by Crippen LogP contribution is -2.36. The molecule has 8 nitrogen and oxygen atoms in total. The molecule has 2 aromatic rings. The van der Waals surface area contributed by atoms with Gasteiger partial charge < -0.3 is 16.0 Å². The zero-order chi connectivity index (χ0) is 13.4. The van der Waals surface area contributed by atoms with Gasteiger partial charge in [-0.05, 0) is 12.8 Å². The van der Waals surface area contributed by atoms with Crippen LogP contribution in [0.1, 0.15) is 12.8 Å². The number of aromatic amines is 1. The van der Waals surface area contributed by atoms with Gasteiger partial charge >= 0.3 is 0 Å². The minimum Gasteiger partial charge on any atom is -0.368 e. The lowest BCUT2D eigenvalue weighted by molar-refractivity contribution is -0.119. The third-order valence-electron chi connectivity index (χ3n) is 2.99. The second kappa shape index (κ2) is 4.38. The largest absolute Gasteiger partial charge is 0.368 e. The molecule has 0 bridgehead atoms. The van der Waals surface area contributed by atoms with Crippen molar-refractivity contribution in [2.24, 2.45) is 0 Å². The average Bonchev–Trinajstić information content (AvgIpc) is 3.03. The molecule has 1 aliphatic carbocycles. The van der Waals surface area contributed by atoms with Crippen LogP contribution in [0, 0.1) is 0 Å². The normalized spacial score (nSPS) is 14.6. The lowest BCUT2D eigenvalue weighted by atomic mass is 10.3. The highest BCUT2D eigenvalue weighted by Gasteiger charge is 2.24. The second-order valence-electron chi connectivity index (χ2n) is 4.74. The third kappa shape index (κ3) is 2.42. The van der Waals surface area contributed by atoms with Crippen LogP contribution in [-0.2, 0) is 4.79 Å². The highest BCUT2D eigenvalue weighted by Crippen LogP contribution is 2.22. The Morgan fingerprint density at radius 3 is 3.11 bits per heavy atom. The number of nitrogens with two attached hydrogens (primary N) is 1. The van der Waals surface area contributed by atoms with E-state index in [-0.39, 0.29) is 18.4 Å². The van der Waals surface area contributed by atoms with Crippen molar-refractivity contribution in [3.05, 3.63) is 6.20 Å². The maximum Gasteiger partial charge on any atom is 0.239 e. The van der Waals surface area contributed by atoms with Crippen LogP contribution in [-0.4, -0.2) is 45.7 Å². The summed E-state index contributed by atoms with van der Waals surface area (Å²) in [5, 5.41) is 10.3. The number of likely N-dealkylation sites (N-methyl/N-ethyl adjacent to an activating group) is 1. The van der Waals surface area contributed by atoms with Crippen LogP contribution in [0.2, 0.25) is 0 Å². The molecule has 2 heterocycles. The molecule has 0 radical (unpaired) electrons. The predicted molar refractivity (Wildman–Crippen MR) is 70.5 cm³/mol. The Balaban J connectivity index is 1.81. The van der Waals surface area contributed by atoms with Gasteiger partial charge in [-0.3, -0.25) is 9.89 Å². The SMILES string of the molecule is CN(CC(=O)NC1CC1)c1nc(N)nc2[nH]ncc12. The number of nitrogens with zero attached hydrogens (tertiary/aromatic N) is 4. The van der Waals surface area contributed by atoms with Gasteiger partial charge in [0.1, 0.15) is 5.82 Å². The van der Waals surface area contributed by atoms with Crippen molar-refractivity contribution in [1.82, 2.24) is 25.5 Å². The van der Waals surface area contributed by atoms with Crippen LogP contribution < -0.4 is 16.0 Å². The zero-order valence-electron chi connectivity index (χ0n) is 10.6. The van der Waals surface area contributed by atoms with Gasteiger partial charge in [0.05, 0.1) is 18.1 Å². The fourth-order valence-corrected chi connectivity index (χ4v) is 1.92. The number of nitrogens with one attached hydrogen (secondary N) is 2. The quantitative estimate of drug-likeness (QED) is 0.693. The number of carbonyl (C=O) groups excluding carboxylic acids is 1. The van der Waals surface area contributed by atoms with E-state index in [9.17, 15) is 4.79 Å². The first-order valence-corrected chi connectivity index (χ1v) is 6.10. The summed E-state index contributed by atoms with van der Waals surface area (Å²) in [5.74, 6) is 0.738. The molecule has 1 saturated carbocycles. The van der Waals surface area contributed by atoms with E-state index in [1.807, 2.05) is 0 Å². The first-order chi connectivity index (χ1) is 9.13. The Labute approximate surface area is 109 Å². The third-order valence-corrected chi connectivity index (χ3v) is 2.99. The standard InChI is InChI=1S/C11H15N7O/c1-18(5-8(19)14-6-2-3-6)10-7-4-13-17-9(7)15-11(12)16-10/h4,6H,2-3,5H2,1H3,(H,14,19)(H3,12,13,15,16,17). The Kier molecular flexibility index (Phi) is 2.69. The summed E-state index contributed by atoms with van der Waals surface area (Å²) in [6.07, 6.45) is 3.77. The second-order valence-corrected chi connectivity index (χ2v) is 4.74. The van der Waals surface area contributed by atoms with Gasteiger partial charge in [-0.2, -0.15) is 15.1 Å². The molecule has 0 spiro atoms. The molecule has 4 N–H and O–H groups in total. The highest BCUT2D eigenvalue weighted by atomic mass is 16.2. The molecule has 8 heteroatoms. The van der Waals surface area contributed by atoms with Gasteiger partial charge in [-0.15, -0.1) is 0 Å². The molecule has 1 fully saturated rings. The number of hydrogen-bond donors (Lipinski definition) is 3. The summed E-state index contributed by atoms with van der Waals surface area (Å²) < 4.78 is 0. The van der Waals surface area contributed by atoms with E-state index in [4.69, 9.17) is 5.73 Å². The fraction of sp³-hybridized carbons (Fsp3) is 0.455. The minimum absolute atomic E-state index is 0.0150. The molecule has 0 aliphatic heterocycles. The van der Waals surface area contributed by atoms with E-state index in [0.717, 1.165) is 18.2 Å². The summed E-state index contributed by atoms with van der Waals surface area (Å²) in [5.41, 5.74) is 6.21. The molecule has 100 valence electrons. The van der Waals surface area contributed by atoms with Gasteiger partial charge in [-0.1, -0.05) is 0 Å². The molecule has 3 rings (SSSR count). The topological polar surface area (TPSA) is 113 Å². The Hall–Kier alpha value is -2.38. The zero-order valence-corrected chi connectivity index (χ0v) is 10.6. The van der Waals surface area contributed by atoms with E-state index in [1.54, 1.807) is 18.1 Å². The number of anilines is 2. The van der Waals surface area contributed by atoms with E-state index < -0.39 is 0 Å². The fourth-order valence-electron chi connectivity index (χ4n) is 1.92. The average molecular weight is 261 g/mol. The van der Waals surface area contributed by atoms with Crippen LogP contribution in [0.3, 0.4) is 0 Å².